The van der Waals surface area contributed by atoms with Crippen LogP contribution in [0, 0.1) is 23.6 Å². The smallest absolute Gasteiger partial charge is 0.387 e. The second-order valence-corrected chi connectivity index (χ2v) is 10.9. The van der Waals surface area contributed by atoms with Crippen molar-refractivity contribution in [3.05, 3.63) is 71.7 Å². The van der Waals surface area contributed by atoms with Crippen molar-refractivity contribution in [2.75, 3.05) is 18.0 Å². The lowest BCUT2D eigenvalue weighted by Crippen LogP contribution is -2.45. The fourth-order valence-corrected chi connectivity index (χ4v) is 7.00. The summed E-state index contributed by atoms with van der Waals surface area (Å²) in [4.78, 5) is 27.3. The van der Waals surface area contributed by atoms with Crippen LogP contribution >= 0.6 is 0 Å². The van der Waals surface area contributed by atoms with Gasteiger partial charge in [0, 0.05) is 60.4 Å². The Morgan fingerprint density at radius 1 is 1.07 bits per heavy atom. The predicted molar refractivity (Wildman–Crippen MR) is 139 cm³/mol. The number of piperidine rings is 1. The molecular weight excluding hydrogens is 523 g/mol. The standard InChI is InChI=1S/C29H26F3N5O3/c30-21-9-24-35-22-8-7-19(18-3-1-2-4-23(18)40-28(31)32)26(22)37(24)14-20(21)17-10-33-29(34-11-17)36-12-15-5-6-16(13-36)25(15)27(38)39/h1-4,9-11,14-16,19,25,28H,5-8,12-13H2,(H,38,39)/t15?,16?,19-,25?/m1/s1. The summed E-state index contributed by atoms with van der Waals surface area (Å²) in [6.07, 6.45) is 7.92. The fourth-order valence-electron chi connectivity index (χ4n) is 7.00. The summed E-state index contributed by atoms with van der Waals surface area (Å²) in [5.74, 6) is -0.966. The number of nitrogens with zero attached hydrogens (tertiary/aromatic N) is 5. The molecule has 1 N–H and O–H groups in total. The zero-order valence-corrected chi connectivity index (χ0v) is 21.4. The molecule has 40 heavy (non-hydrogen) atoms. The Labute approximate surface area is 227 Å². The first kappa shape index (κ1) is 24.9. The molecule has 3 aliphatic rings. The van der Waals surface area contributed by atoms with Gasteiger partial charge in [0.15, 0.2) is 0 Å². The van der Waals surface area contributed by atoms with Gasteiger partial charge >= 0.3 is 12.6 Å². The lowest BCUT2D eigenvalue weighted by atomic mass is 9.85. The first-order chi connectivity index (χ1) is 19.4. The third kappa shape index (κ3) is 4.06. The number of hydrogen-bond donors (Lipinski definition) is 1. The van der Waals surface area contributed by atoms with E-state index in [2.05, 4.69) is 15.0 Å². The van der Waals surface area contributed by atoms with E-state index in [9.17, 15) is 18.7 Å². The Morgan fingerprint density at radius 2 is 1.80 bits per heavy atom. The fraction of sp³-hybridized carbons (Fsp3) is 0.379. The van der Waals surface area contributed by atoms with Crippen LogP contribution in [0.4, 0.5) is 19.1 Å². The number of aromatic nitrogens is 4. The summed E-state index contributed by atoms with van der Waals surface area (Å²) in [6.45, 7) is -1.76. The molecule has 206 valence electrons. The number of pyridine rings is 1. The number of aliphatic carboxylic acids is 1. The minimum atomic E-state index is -2.94. The van der Waals surface area contributed by atoms with Crippen molar-refractivity contribution in [2.45, 2.75) is 38.2 Å². The van der Waals surface area contributed by atoms with Crippen molar-refractivity contribution in [2.24, 2.45) is 17.8 Å². The largest absolute Gasteiger partial charge is 0.481 e. The van der Waals surface area contributed by atoms with Crippen LogP contribution in [0.15, 0.2) is 48.9 Å². The Bertz CT molecular complexity index is 1590. The highest BCUT2D eigenvalue weighted by Gasteiger charge is 2.46. The second-order valence-electron chi connectivity index (χ2n) is 10.9. The lowest BCUT2D eigenvalue weighted by Gasteiger charge is -2.35. The van der Waals surface area contributed by atoms with E-state index in [0.29, 0.717) is 54.2 Å². The number of carboxylic acid groups (broad SMARTS) is 1. The summed E-state index contributed by atoms with van der Waals surface area (Å²) in [6, 6.07) is 8.12. The minimum absolute atomic E-state index is 0.0758. The Hall–Kier alpha value is -4.15. The SMILES string of the molecule is O=C(O)C1C2CCC1CN(c1ncc(-c3cn4c5c(nc4cc3F)CC[C@@H]5c3ccccc3OC(F)F)cn1)C2. The molecule has 0 spiro atoms. The van der Waals surface area contributed by atoms with Crippen molar-refractivity contribution in [1.82, 2.24) is 19.4 Å². The Kier molecular flexibility index (Phi) is 5.90. The van der Waals surface area contributed by atoms with E-state index in [1.165, 1.54) is 12.1 Å². The van der Waals surface area contributed by atoms with Gasteiger partial charge in [-0.1, -0.05) is 18.2 Å². The van der Waals surface area contributed by atoms with Crippen LogP contribution in [-0.2, 0) is 11.2 Å². The highest BCUT2D eigenvalue weighted by molar-refractivity contribution is 5.72. The van der Waals surface area contributed by atoms with Crippen molar-refractivity contribution < 1.29 is 27.8 Å². The van der Waals surface area contributed by atoms with E-state index in [1.54, 1.807) is 36.8 Å². The predicted octanol–water partition coefficient (Wildman–Crippen LogP) is 5.16. The summed E-state index contributed by atoms with van der Waals surface area (Å²) in [5.41, 5.74) is 3.51. The minimum Gasteiger partial charge on any atom is -0.481 e. The molecule has 2 unspecified atom stereocenters. The number of ether oxygens (including phenoxy) is 1. The van der Waals surface area contributed by atoms with Crippen LogP contribution in [0.1, 0.15) is 42.1 Å². The number of fused-ring (bicyclic) bond motifs is 5. The third-order valence-electron chi connectivity index (χ3n) is 8.68. The van der Waals surface area contributed by atoms with E-state index in [1.807, 2.05) is 9.30 Å². The van der Waals surface area contributed by atoms with Crippen LogP contribution in [-0.4, -0.2) is 50.1 Å². The topological polar surface area (TPSA) is 92.9 Å². The molecule has 4 aromatic rings. The van der Waals surface area contributed by atoms with Crippen LogP contribution in [0.3, 0.4) is 0 Å². The van der Waals surface area contributed by atoms with E-state index >= 15 is 4.39 Å². The molecule has 1 aliphatic heterocycles. The first-order valence-corrected chi connectivity index (χ1v) is 13.4. The molecule has 4 heterocycles. The van der Waals surface area contributed by atoms with Crippen molar-refractivity contribution in [3.8, 4) is 16.9 Å². The normalized spacial score (nSPS) is 23.6. The number of imidazole rings is 1. The number of halogens is 3. The highest BCUT2D eigenvalue weighted by Crippen LogP contribution is 2.44. The van der Waals surface area contributed by atoms with Crippen LogP contribution in [0.2, 0.25) is 0 Å². The maximum Gasteiger partial charge on any atom is 0.387 e. The van der Waals surface area contributed by atoms with Gasteiger partial charge in [-0.15, -0.1) is 0 Å². The van der Waals surface area contributed by atoms with Crippen molar-refractivity contribution >= 4 is 17.6 Å². The average molecular weight is 550 g/mol. The van der Waals surface area contributed by atoms with Gasteiger partial charge in [0.1, 0.15) is 17.2 Å². The summed E-state index contributed by atoms with van der Waals surface area (Å²) >= 11 is 0. The Morgan fingerprint density at radius 3 is 2.50 bits per heavy atom. The van der Waals surface area contributed by atoms with Gasteiger partial charge in [-0.2, -0.15) is 8.78 Å². The average Bonchev–Trinajstić information content (AvgIpc) is 3.58. The van der Waals surface area contributed by atoms with E-state index < -0.39 is 18.4 Å². The molecule has 0 amide bonds. The molecule has 2 fully saturated rings. The monoisotopic (exact) mass is 549 g/mol. The summed E-state index contributed by atoms with van der Waals surface area (Å²) in [7, 11) is 0. The number of benzene rings is 1. The van der Waals surface area contributed by atoms with Crippen LogP contribution in [0.25, 0.3) is 16.8 Å². The zero-order chi connectivity index (χ0) is 27.5. The molecule has 2 bridgehead atoms. The number of anilines is 1. The number of carboxylic acids is 1. The maximum absolute atomic E-state index is 15.3. The molecule has 1 saturated heterocycles. The quantitative estimate of drug-likeness (QED) is 0.355. The molecule has 7 rings (SSSR count). The first-order valence-electron chi connectivity index (χ1n) is 13.4. The highest BCUT2D eigenvalue weighted by atomic mass is 19.3. The number of alkyl halides is 2. The molecule has 1 aromatic carbocycles. The number of hydrogen-bond acceptors (Lipinski definition) is 6. The summed E-state index contributed by atoms with van der Waals surface area (Å²) < 4.78 is 48.1. The van der Waals surface area contributed by atoms with Gasteiger partial charge in [0.25, 0.3) is 0 Å². The van der Waals surface area contributed by atoms with Gasteiger partial charge in [-0.05, 0) is 43.6 Å². The molecule has 11 heteroatoms. The molecule has 3 atom stereocenters. The maximum atomic E-state index is 15.3. The second kappa shape index (κ2) is 9.50. The van der Waals surface area contributed by atoms with Gasteiger partial charge in [0.2, 0.25) is 5.95 Å². The third-order valence-corrected chi connectivity index (χ3v) is 8.68. The Balaban J connectivity index is 1.21. The van der Waals surface area contributed by atoms with Crippen molar-refractivity contribution in [3.63, 3.8) is 0 Å². The van der Waals surface area contributed by atoms with E-state index in [0.717, 1.165) is 24.2 Å². The molecular formula is C29H26F3N5O3. The van der Waals surface area contributed by atoms with Gasteiger partial charge in [-0.25, -0.2) is 19.3 Å². The summed E-state index contributed by atoms with van der Waals surface area (Å²) in [5, 5.41) is 9.58. The number of carbonyl (C=O) groups is 1. The molecule has 1 saturated carbocycles. The van der Waals surface area contributed by atoms with Gasteiger partial charge in [-0.3, -0.25) is 4.79 Å². The van der Waals surface area contributed by atoms with E-state index in [4.69, 9.17) is 4.74 Å². The zero-order valence-electron chi connectivity index (χ0n) is 21.4. The molecule has 8 nitrogen and oxygen atoms in total. The van der Waals surface area contributed by atoms with Gasteiger partial charge in [0.05, 0.1) is 17.3 Å². The van der Waals surface area contributed by atoms with Crippen LogP contribution < -0.4 is 9.64 Å². The molecule has 0 radical (unpaired) electrons. The number of para-hydroxylation sites is 1. The number of rotatable bonds is 6. The van der Waals surface area contributed by atoms with Gasteiger partial charge < -0.3 is 19.1 Å². The van der Waals surface area contributed by atoms with Crippen LogP contribution in [0.5, 0.6) is 5.75 Å². The van der Waals surface area contributed by atoms with Crippen molar-refractivity contribution in [1.29, 1.82) is 0 Å². The molecule has 2 aliphatic carbocycles. The van der Waals surface area contributed by atoms with E-state index in [-0.39, 0.29) is 29.4 Å². The lowest BCUT2D eigenvalue weighted by molar-refractivity contribution is -0.144. The number of aryl methyl sites for hydroxylation is 1. The molecule has 3 aromatic heterocycles.